The zero-order valence-corrected chi connectivity index (χ0v) is 13.8. The molecule has 0 unspecified atom stereocenters. The van der Waals surface area contributed by atoms with E-state index in [9.17, 15) is 4.79 Å². The molecule has 0 saturated heterocycles. The third kappa shape index (κ3) is 3.90. The summed E-state index contributed by atoms with van der Waals surface area (Å²) in [6, 6.07) is 11.5. The molecule has 0 aliphatic carbocycles. The number of nitrogens with zero attached hydrogens (tertiary/aromatic N) is 2. The lowest BCUT2D eigenvalue weighted by atomic mass is 10.1. The predicted octanol–water partition coefficient (Wildman–Crippen LogP) is 3.21. The molecule has 24 heavy (non-hydrogen) atoms. The molecule has 0 aliphatic heterocycles. The average molecular weight is 323 g/mol. The lowest BCUT2D eigenvalue weighted by molar-refractivity contribution is -0.115. The topological polar surface area (TPSA) is 82.7 Å². The van der Waals surface area contributed by atoms with Crippen molar-refractivity contribution in [1.82, 2.24) is 15.2 Å². The van der Waals surface area contributed by atoms with Gasteiger partial charge in [-0.15, -0.1) is 10.2 Å². The van der Waals surface area contributed by atoms with Gasteiger partial charge in [-0.25, -0.2) is 0 Å². The molecular formula is C18H21N5O. The van der Waals surface area contributed by atoms with Gasteiger partial charge in [0, 0.05) is 23.6 Å². The van der Waals surface area contributed by atoms with Gasteiger partial charge in [0.15, 0.2) is 5.82 Å². The number of rotatable bonds is 6. The second-order valence-corrected chi connectivity index (χ2v) is 6.16. The molecule has 2 aromatic heterocycles. The highest BCUT2D eigenvalue weighted by molar-refractivity contribution is 5.95. The first kappa shape index (κ1) is 16.0. The molecule has 0 fully saturated rings. The van der Waals surface area contributed by atoms with Crippen LogP contribution in [0.5, 0.6) is 0 Å². The van der Waals surface area contributed by atoms with Crippen molar-refractivity contribution in [2.75, 3.05) is 17.2 Å². The summed E-state index contributed by atoms with van der Waals surface area (Å²) in [4.78, 5) is 15.4. The van der Waals surface area contributed by atoms with Crippen molar-refractivity contribution in [3.8, 4) is 0 Å². The van der Waals surface area contributed by atoms with Gasteiger partial charge in [0.2, 0.25) is 5.91 Å². The molecule has 124 valence electrons. The summed E-state index contributed by atoms with van der Waals surface area (Å²) < 4.78 is 0. The number of fused-ring (bicyclic) bond motifs is 1. The van der Waals surface area contributed by atoms with Crippen LogP contribution < -0.4 is 10.6 Å². The first-order valence-corrected chi connectivity index (χ1v) is 8.04. The fraction of sp³-hybridized carbons (Fsp3) is 0.278. The van der Waals surface area contributed by atoms with Crippen LogP contribution in [0.3, 0.4) is 0 Å². The summed E-state index contributed by atoms with van der Waals surface area (Å²) in [6.07, 6.45) is 2.16. The van der Waals surface area contributed by atoms with Crippen molar-refractivity contribution in [3.63, 3.8) is 0 Å². The molecule has 1 amide bonds. The highest BCUT2D eigenvalue weighted by Gasteiger charge is 2.09. The molecule has 3 rings (SSSR count). The summed E-state index contributed by atoms with van der Waals surface area (Å²) >= 11 is 0. The third-order valence-corrected chi connectivity index (χ3v) is 3.65. The van der Waals surface area contributed by atoms with Crippen molar-refractivity contribution in [2.45, 2.75) is 20.3 Å². The number of hydrogen-bond donors (Lipinski definition) is 3. The summed E-state index contributed by atoms with van der Waals surface area (Å²) in [5.41, 5.74) is 1.99. The Labute approximate surface area is 140 Å². The number of para-hydroxylation sites is 1. The number of anilines is 2. The molecule has 0 aliphatic rings. The van der Waals surface area contributed by atoms with Gasteiger partial charge in [-0.3, -0.25) is 4.79 Å². The minimum atomic E-state index is -0.114. The predicted molar refractivity (Wildman–Crippen MR) is 96.0 cm³/mol. The van der Waals surface area contributed by atoms with Crippen LogP contribution in [0.4, 0.5) is 11.6 Å². The Morgan fingerprint density at radius 3 is 2.62 bits per heavy atom. The van der Waals surface area contributed by atoms with Crippen LogP contribution in [0, 0.1) is 5.92 Å². The second-order valence-electron chi connectivity index (χ2n) is 6.16. The first-order chi connectivity index (χ1) is 11.6. The number of amides is 1. The molecule has 3 N–H and O–H groups in total. The molecule has 6 nitrogen and oxygen atoms in total. The lowest BCUT2D eigenvalue weighted by Gasteiger charge is -2.08. The van der Waals surface area contributed by atoms with Gasteiger partial charge in [0.05, 0.1) is 6.42 Å². The summed E-state index contributed by atoms with van der Waals surface area (Å²) in [5, 5.41) is 15.1. The number of H-pyrrole nitrogens is 1. The Hall–Kier alpha value is -2.89. The highest BCUT2D eigenvalue weighted by atomic mass is 16.1. The van der Waals surface area contributed by atoms with Crippen LogP contribution in [0.15, 0.2) is 42.6 Å². The summed E-state index contributed by atoms with van der Waals surface area (Å²) in [6.45, 7) is 5.08. The standard InChI is InChI=1S/C18H21N5O/c1-12(2)10-20-16-7-8-17(23-22-16)21-18(24)9-13-11-19-15-6-4-3-5-14(13)15/h3-8,11-12,19H,9-10H2,1-2H3,(H,20,22)(H,21,23,24). The maximum atomic E-state index is 12.2. The van der Waals surface area contributed by atoms with E-state index >= 15 is 0 Å². The quantitative estimate of drug-likeness (QED) is 0.650. The van der Waals surface area contributed by atoms with Crippen LogP contribution in [0.1, 0.15) is 19.4 Å². The van der Waals surface area contributed by atoms with Crippen molar-refractivity contribution in [2.24, 2.45) is 5.92 Å². The van der Waals surface area contributed by atoms with Crippen molar-refractivity contribution < 1.29 is 4.79 Å². The Kier molecular flexibility index (Phi) is 4.74. The van der Waals surface area contributed by atoms with Crippen molar-refractivity contribution >= 4 is 28.4 Å². The first-order valence-electron chi connectivity index (χ1n) is 8.04. The van der Waals surface area contributed by atoms with E-state index in [1.165, 1.54) is 0 Å². The molecule has 0 atom stereocenters. The molecule has 0 spiro atoms. The molecule has 0 saturated carbocycles. The van der Waals surface area contributed by atoms with Crippen LogP contribution in [0.25, 0.3) is 10.9 Å². The average Bonchev–Trinajstić information content (AvgIpc) is 2.97. The van der Waals surface area contributed by atoms with Gasteiger partial charge in [-0.2, -0.15) is 0 Å². The molecule has 0 bridgehead atoms. The third-order valence-electron chi connectivity index (χ3n) is 3.65. The van der Waals surface area contributed by atoms with E-state index in [2.05, 4.69) is 39.7 Å². The maximum absolute atomic E-state index is 12.2. The maximum Gasteiger partial charge on any atom is 0.230 e. The molecule has 3 aromatic rings. The number of hydrogen-bond acceptors (Lipinski definition) is 4. The van der Waals surface area contributed by atoms with Gasteiger partial charge in [-0.1, -0.05) is 32.0 Å². The number of benzene rings is 1. The SMILES string of the molecule is CC(C)CNc1ccc(NC(=O)Cc2c[nH]c3ccccc23)nn1. The van der Waals surface area contributed by atoms with E-state index in [0.717, 1.165) is 23.0 Å². The summed E-state index contributed by atoms with van der Waals surface area (Å²) in [7, 11) is 0. The smallest absolute Gasteiger partial charge is 0.230 e. The molecular weight excluding hydrogens is 302 g/mol. The van der Waals surface area contributed by atoms with E-state index in [4.69, 9.17) is 0 Å². The number of aromatic amines is 1. The minimum Gasteiger partial charge on any atom is -0.368 e. The van der Waals surface area contributed by atoms with Gasteiger partial charge >= 0.3 is 0 Å². The fourth-order valence-corrected chi connectivity index (χ4v) is 2.44. The number of carbonyl (C=O) groups excluding carboxylic acids is 1. The molecule has 0 radical (unpaired) electrons. The van der Waals surface area contributed by atoms with Gasteiger partial charge < -0.3 is 15.6 Å². The molecule has 2 heterocycles. The Morgan fingerprint density at radius 2 is 1.88 bits per heavy atom. The van der Waals surface area contributed by atoms with Gasteiger partial charge in [-0.05, 0) is 29.7 Å². The van der Waals surface area contributed by atoms with Crippen LogP contribution in [0.2, 0.25) is 0 Å². The number of nitrogens with one attached hydrogen (secondary N) is 3. The zero-order valence-electron chi connectivity index (χ0n) is 13.8. The number of aromatic nitrogens is 3. The van der Waals surface area contributed by atoms with E-state index in [1.807, 2.05) is 36.5 Å². The fourth-order valence-electron chi connectivity index (χ4n) is 2.44. The minimum absolute atomic E-state index is 0.114. The normalized spacial score (nSPS) is 11.0. The Bertz CT molecular complexity index is 823. The molecule has 6 heteroatoms. The largest absolute Gasteiger partial charge is 0.368 e. The highest BCUT2D eigenvalue weighted by Crippen LogP contribution is 2.18. The van der Waals surface area contributed by atoms with Crippen LogP contribution in [-0.4, -0.2) is 27.6 Å². The van der Waals surface area contributed by atoms with Gasteiger partial charge in [0.1, 0.15) is 5.82 Å². The van der Waals surface area contributed by atoms with Gasteiger partial charge in [0.25, 0.3) is 0 Å². The van der Waals surface area contributed by atoms with Crippen LogP contribution in [-0.2, 0) is 11.2 Å². The van der Waals surface area contributed by atoms with E-state index in [1.54, 1.807) is 6.07 Å². The lowest BCUT2D eigenvalue weighted by Crippen LogP contribution is -2.16. The monoisotopic (exact) mass is 323 g/mol. The van der Waals surface area contributed by atoms with E-state index in [-0.39, 0.29) is 5.91 Å². The molecule has 1 aromatic carbocycles. The van der Waals surface area contributed by atoms with Crippen molar-refractivity contribution in [1.29, 1.82) is 0 Å². The van der Waals surface area contributed by atoms with E-state index < -0.39 is 0 Å². The summed E-state index contributed by atoms with van der Waals surface area (Å²) in [5.74, 6) is 1.58. The van der Waals surface area contributed by atoms with Crippen molar-refractivity contribution in [3.05, 3.63) is 48.2 Å². The van der Waals surface area contributed by atoms with Crippen LogP contribution >= 0.6 is 0 Å². The number of carbonyl (C=O) groups is 1. The Morgan fingerprint density at radius 1 is 1.12 bits per heavy atom. The Balaban J connectivity index is 1.60. The zero-order chi connectivity index (χ0) is 16.9. The second kappa shape index (κ2) is 7.12. The van der Waals surface area contributed by atoms with E-state index in [0.29, 0.717) is 24.0 Å².